The molecule has 2 aromatic rings. The third-order valence-corrected chi connectivity index (χ3v) is 4.46. The molecular formula is C17H18N2O2. The van der Waals surface area contributed by atoms with Crippen molar-refractivity contribution in [3.8, 4) is 0 Å². The summed E-state index contributed by atoms with van der Waals surface area (Å²) >= 11 is 0. The topological polar surface area (TPSA) is 54.3 Å². The van der Waals surface area contributed by atoms with E-state index in [-0.39, 0.29) is 18.0 Å². The number of carbonyl (C=O) groups excluding carboxylic acids is 1. The van der Waals surface area contributed by atoms with E-state index in [4.69, 9.17) is 4.42 Å². The minimum Gasteiger partial charge on any atom is -0.469 e. The highest BCUT2D eigenvalue weighted by Crippen LogP contribution is 2.31. The van der Waals surface area contributed by atoms with Crippen LogP contribution >= 0.6 is 0 Å². The van der Waals surface area contributed by atoms with Crippen LogP contribution in [0.25, 0.3) is 0 Å². The van der Waals surface area contributed by atoms with Crippen molar-refractivity contribution in [2.45, 2.75) is 37.8 Å². The number of anilines is 1. The quantitative estimate of drug-likeness (QED) is 0.890. The van der Waals surface area contributed by atoms with Gasteiger partial charge < -0.3 is 15.1 Å². The lowest BCUT2D eigenvalue weighted by molar-refractivity contribution is -0.122. The largest absolute Gasteiger partial charge is 0.469 e. The molecule has 1 aliphatic heterocycles. The summed E-state index contributed by atoms with van der Waals surface area (Å²) in [5.74, 6) is 1.10. The van der Waals surface area contributed by atoms with E-state index >= 15 is 0 Å². The summed E-state index contributed by atoms with van der Waals surface area (Å²) in [5, 5.41) is 6.48. The van der Waals surface area contributed by atoms with E-state index in [9.17, 15) is 4.79 Å². The van der Waals surface area contributed by atoms with Crippen molar-refractivity contribution < 1.29 is 9.21 Å². The van der Waals surface area contributed by atoms with E-state index in [1.54, 1.807) is 6.26 Å². The molecule has 2 heterocycles. The highest BCUT2D eigenvalue weighted by molar-refractivity contribution is 5.87. The Hall–Kier alpha value is -2.23. The standard InChI is InChI=1S/C17H18N2O2/c20-17(15-10-11-4-1-2-5-13(11)18-15)19-14-6-3-7-16-12(14)8-9-21-16/h1-2,4-5,8-9,14-15,18H,3,6-7,10H2,(H,19,20). The van der Waals surface area contributed by atoms with E-state index < -0.39 is 0 Å². The van der Waals surface area contributed by atoms with Crippen molar-refractivity contribution >= 4 is 11.6 Å². The Kier molecular flexibility index (Phi) is 2.95. The molecule has 0 saturated heterocycles. The Morgan fingerprint density at radius 1 is 1.29 bits per heavy atom. The number of amides is 1. The third-order valence-electron chi connectivity index (χ3n) is 4.46. The molecule has 2 aliphatic rings. The fourth-order valence-corrected chi connectivity index (χ4v) is 3.36. The Morgan fingerprint density at radius 2 is 2.19 bits per heavy atom. The van der Waals surface area contributed by atoms with Crippen LogP contribution in [0.2, 0.25) is 0 Å². The number of hydrogen-bond acceptors (Lipinski definition) is 3. The predicted molar refractivity (Wildman–Crippen MR) is 80.1 cm³/mol. The van der Waals surface area contributed by atoms with Gasteiger partial charge in [-0.1, -0.05) is 18.2 Å². The van der Waals surface area contributed by atoms with Crippen molar-refractivity contribution in [1.29, 1.82) is 0 Å². The van der Waals surface area contributed by atoms with Crippen LogP contribution in [0.3, 0.4) is 0 Å². The maximum Gasteiger partial charge on any atom is 0.243 e. The van der Waals surface area contributed by atoms with Crippen LogP contribution in [-0.2, 0) is 17.6 Å². The maximum atomic E-state index is 12.5. The van der Waals surface area contributed by atoms with Gasteiger partial charge in [0.05, 0.1) is 12.3 Å². The summed E-state index contributed by atoms with van der Waals surface area (Å²) in [4.78, 5) is 12.5. The first-order chi connectivity index (χ1) is 10.3. The molecule has 21 heavy (non-hydrogen) atoms. The van der Waals surface area contributed by atoms with Crippen LogP contribution < -0.4 is 10.6 Å². The Balaban J connectivity index is 1.47. The summed E-state index contributed by atoms with van der Waals surface area (Å²) in [6, 6.07) is 10.0. The second-order valence-corrected chi connectivity index (χ2v) is 5.81. The molecule has 2 unspecified atom stereocenters. The summed E-state index contributed by atoms with van der Waals surface area (Å²) in [5.41, 5.74) is 3.43. The van der Waals surface area contributed by atoms with Gasteiger partial charge in [0.1, 0.15) is 11.8 Å². The van der Waals surface area contributed by atoms with E-state index in [1.807, 2.05) is 24.3 Å². The van der Waals surface area contributed by atoms with Gasteiger partial charge in [0.15, 0.2) is 0 Å². The molecule has 0 fully saturated rings. The summed E-state index contributed by atoms with van der Waals surface area (Å²) in [6.07, 6.45) is 5.50. The number of carbonyl (C=O) groups is 1. The average molecular weight is 282 g/mol. The normalized spacial score (nSPS) is 23.0. The number of furan rings is 1. The van der Waals surface area contributed by atoms with Crippen molar-refractivity contribution in [3.05, 3.63) is 53.5 Å². The first-order valence-corrected chi connectivity index (χ1v) is 7.52. The van der Waals surface area contributed by atoms with Gasteiger partial charge in [0, 0.05) is 24.1 Å². The second-order valence-electron chi connectivity index (χ2n) is 5.81. The minimum atomic E-state index is -0.167. The second kappa shape index (κ2) is 4.95. The van der Waals surface area contributed by atoms with Gasteiger partial charge in [-0.05, 0) is 30.5 Å². The van der Waals surface area contributed by atoms with Gasteiger partial charge in [0.25, 0.3) is 0 Å². The zero-order valence-corrected chi connectivity index (χ0v) is 11.8. The third kappa shape index (κ3) is 2.20. The molecular weight excluding hydrogens is 264 g/mol. The molecule has 108 valence electrons. The molecule has 1 aromatic heterocycles. The number of para-hydroxylation sites is 1. The monoisotopic (exact) mass is 282 g/mol. The number of nitrogens with one attached hydrogen (secondary N) is 2. The van der Waals surface area contributed by atoms with Crippen molar-refractivity contribution in [3.63, 3.8) is 0 Å². The molecule has 0 saturated carbocycles. The van der Waals surface area contributed by atoms with E-state index in [0.717, 1.165) is 42.7 Å². The van der Waals surface area contributed by atoms with Crippen molar-refractivity contribution in [2.75, 3.05) is 5.32 Å². The molecule has 1 aliphatic carbocycles. The Labute approximate surface area is 123 Å². The number of rotatable bonds is 2. The molecule has 4 nitrogen and oxygen atoms in total. The highest BCUT2D eigenvalue weighted by Gasteiger charge is 2.30. The van der Waals surface area contributed by atoms with Crippen LogP contribution in [0.4, 0.5) is 5.69 Å². The van der Waals surface area contributed by atoms with Gasteiger partial charge in [-0.3, -0.25) is 4.79 Å². The van der Waals surface area contributed by atoms with Crippen LogP contribution in [-0.4, -0.2) is 11.9 Å². The summed E-state index contributed by atoms with van der Waals surface area (Å²) < 4.78 is 5.48. The number of fused-ring (bicyclic) bond motifs is 2. The van der Waals surface area contributed by atoms with E-state index in [1.165, 1.54) is 5.56 Å². The van der Waals surface area contributed by atoms with Gasteiger partial charge >= 0.3 is 0 Å². The summed E-state index contributed by atoms with van der Waals surface area (Å²) in [7, 11) is 0. The molecule has 0 spiro atoms. The number of hydrogen-bond donors (Lipinski definition) is 2. The first kappa shape index (κ1) is 12.5. The van der Waals surface area contributed by atoms with Gasteiger partial charge in [0.2, 0.25) is 5.91 Å². The van der Waals surface area contributed by atoms with E-state index in [2.05, 4.69) is 16.7 Å². The fraction of sp³-hybridized carbons (Fsp3) is 0.353. The minimum absolute atomic E-state index is 0.0743. The van der Waals surface area contributed by atoms with E-state index in [0.29, 0.717) is 0 Å². The van der Waals surface area contributed by atoms with Gasteiger partial charge in [-0.25, -0.2) is 0 Å². The lowest BCUT2D eigenvalue weighted by Crippen LogP contribution is -2.41. The van der Waals surface area contributed by atoms with Crippen molar-refractivity contribution in [2.24, 2.45) is 0 Å². The maximum absolute atomic E-state index is 12.5. The van der Waals surface area contributed by atoms with Crippen molar-refractivity contribution in [1.82, 2.24) is 5.32 Å². The molecule has 0 radical (unpaired) electrons. The molecule has 4 rings (SSSR count). The van der Waals surface area contributed by atoms with Crippen LogP contribution in [0, 0.1) is 0 Å². The van der Waals surface area contributed by atoms with Gasteiger partial charge in [-0.2, -0.15) is 0 Å². The van der Waals surface area contributed by atoms with Crippen LogP contribution in [0.15, 0.2) is 41.0 Å². The zero-order chi connectivity index (χ0) is 14.2. The Morgan fingerprint density at radius 3 is 3.10 bits per heavy atom. The SMILES string of the molecule is O=C(NC1CCCc2occc21)C1Cc2ccccc2N1. The average Bonchev–Trinajstić information content (AvgIpc) is 3.14. The highest BCUT2D eigenvalue weighted by atomic mass is 16.3. The van der Waals surface area contributed by atoms with Crippen LogP contribution in [0.1, 0.15) is 35.8 Å². The van der Waals surface area contributed by atoms with Crippen LogP contribution in [0.5, 0.6) is 0 Å². The molecule has 1 amide bonds. The first-order valence-electron chi connectivity index (χ1n) is 7.52. The molecule has 1 aromatic carbocycles. The molecule has 0 bridgehead atoms. The predicted octanol–water partition coefficient (Wildman–Crippen LogP) is 2.81. The lowest BCUT2D eigenvalue weighted by atomic mass is 9.93. The lowest BCUT2D eigenvalue weighted by Gasteiger charge is -2.24. The molecule has 4 heteroatoms. The smallest absolute Gasteiger partial charge is 0.243 e. The molecule has 2 N–H and O–H groups in total. The van der Waals surface area contributed by atoms with Gasteiger partial charge in [-0.15, -0.1) is 0 Å². The zero-order valence-electron chi connectivity index (χ0n) is 11.8. The number of aryl methyl sites for hydroxylation is 1. The molecule has 2 atom stereocenters. The fourth-order valence-electron chi connectivity index (χ4n) is 3.36. The summed E-state index contributed by atoms with van der Waals surface area (Å²) in [6.45, 7) is 0. The number of benzene rings is 1. The Bertz CT molecular complexity index is 652.